The number of ether oxygens (including phenoxy) is 2. The highest BCUT2D eigenvalue weighted by atomic mass is 32.2. The van der Waals surface area contributed by atoms with Crippen LogP contribution in [0.2, 0.25) is 0 Å². The number of carbonyl (C=O) groups excluding carboxylic acids is 2. The number of esters is 1. The van der Waals surface area contributed by atoms with Crippen molar-refractivity contribution in [2.24, 2.45) is 0 Å². The molecule has 1 N–H and O–H groups in total. The van der Waals surface area contributed by atoms with E-state index < -0.39 is 45.8 Å². The van der Waals surface area contributed by atoms with Crippen LogP contribution in [-0.4, -0.2) is 49.6 Å². The Morgan fingerprint density at radius 2 is 1.26 bits per heavy atom. The third kappa shape index (κ3) is 7.91. The van der Waals surface area contributed by atoms with E-state index >= 15 is 0 Å². The molecule has 240 valence electrons. The molecule has 4 aromatic rings. The molecule has 0 saturated heterocycles. The summed E-state index contributed by atoms with van der Waals surface area (Å²) in [7, 11) is -4.50. The molecule has 46 heavy (non-hydrogen) atoms. The smallest absolute Gasteiger partial charge is 0.424 e. The molecule has 4 aromatic carbocycles. The summed E-state index contributed by atoms with van der Waals surface area (Å²) in [6.45, 7) is 9.64. The summed E-state index contributed by atoms with van der Waals surface area (Å²) in [5.41, 5.74) is 0.965. The van der Waals surface area contributed by atoms with E-state index in [-0.39, 0.29) is 11.5 Å². The number of amides is 1. The number of carbonyl (C=O) groups is 2. The molecule has 4 rings (SSSR count). The van der Waals surface area contributed by atoms with Gasteiger partial charge >= 0.3 is 12.1 Å². The zero-order chi connectivity index (χ0) is 33.4. The van der Waals surface area contributed by atoms with Crippen molar-refractivity contribution in [3.8, 4) is 0 Å². The van der Waals surface area contributed by atoms with Crippen LogP contribution in [-0.2, 0) is 29.8 Å². The lowest BCUT2D eigenvalue weighted by molar-refractivity contribution is -0.145. The first kappa shape index (κ1) is 34.1. The molecule has 1 atom stereocenters. The van der Waals surface area contributed by atoms with E-state index in [0.717, 1.165) is 22.3 Å². The zero-order valence-electron chi connectivity index (χ0n) is 26.6. The fraction of sp³-hybridized carbons (Fsp3) is 0.243. The number of hydrogen-bond acceptors (Lipinski definition) is 7. The summed E-state index contributed by atoms with van der Waals surface area (Å²) < 4.78 is 40.0. The third-order valence-electron chi connectivity index (χ3n) is 7.19. The largest absolute Gasteiger partial charge is 0.460 e. The van der Waals surface area contributed by atoms with Crippen LogP contribution in [0, 0.1) is 6.92 Å². The van der Waals surface area contributed by atoms with E-state index in [1.807, 2.05) is 97.9 Å². The first-order valence-electron chi connectivity index (χ1n) is 14.9. The lowest BCUT2D eigenvalue weighted by Crippen LogP contribution is -2.58. The molecule has 0 spiro atoms. The highest BCUT2D eigenvalue weighted by Gasteiger charge is 2.43. The van der Waals surface area contributed by atoms with Gasteiger partial charge in [-0.15, -0.1) is 0 Å². The van der Waals surface area contributed by atoms with E-state index in [9.17, 15) is 18.0 Å². The van der Waals surface area contributed by atoms with Crippen molar-refractivity contribution in [1.82, 2.24) is 9.62 Å². The van der Waals surface area contributed by atoms with Crippen LogP contribution < -0.4 is 5.32 Å². The maximum atomic E-state index is 14.1. The second kappa shape index (κ2) is 14.6. The normalized spacial score (nSPS) is 12.5. The van der Waals surface area contributed by atoms with Crippen molar-refractivity contribution >= 4 is 22.1 Å². The Hall–Kier alpha value is -4.73. The molecular formula is C37H40N2O6S. The summed E-state index contributed by atoms with van der Waals surface area (Å²) in [6.07, 6.45) is 0.295. The van der Waals surface area contributed by atoms with Crippen LogP contribution in [0.15, 0.2) is 133 Å². The van der Waals surface area contributed by atoms with Crippen molar-refractivity contribution in [3.63, 3.8) is 0 Å². The van der Waals surface area contributed by atoms with Gasteiger partial charge in [0, 0.05) is 0 Å². The van der Waals surface area contributed by atoms with E-state index in [2.05, 4.69) is 11.9 Å². The Bertz CT molecular complexity index is 1620. The minimum Gasteiger partial charge on any atom is -0.460 e. The van der Waals surface area contributed by atoms with Gasteiger partial charge in [0.1, 0.15) is 18.2 Å². The second-order valence-electron chi connectivity index (χ2n) is 11.8. The van der Waals surface area contributed by atoms with Crippen LogP contribution in [0.4, 0.5) is 4.79 Å². The number of nitrogens with one attached hydrogen (secondary N) is 1. The van der Waals surface area contributed by atoms with Gasteiger partial charge < -0.3 is 9.47 Å². The molecule has 0 aliphatic rings. The first-order chi connectivity index (χ1) is 21.9. The lowest BCUT2D eigenvalue weighted by atomic mass is 9.76. The topological polar surface area (TPSA) is 102 Å². The molecule has 0 radical (unpaired) electrons. The highest BCUT2D eigenvalue weighted by Crippen LogP contribution is 2.37. The number of sulfonamides is 1. The molecule has 8 nitrogen and oxygen atoms in total. The maximum Gasteiger partial charge on any atom is 0.424 e. The van der Waals surface area contributed by atoms with Gasteiger partial charge in [-0.1, -0.05) is 121 Å². The van der Waals surface area contributed by atoms with Crippen LogP contribution in [0.5, 0.6) is 0 Å². The van der Waals surface area contributed by atoms with Crippen LogP contribution >= 0.6 is 0 Å². The van der Waals surface area contributed by atoms with Gasteiger partial charge in [-0.3, -0.25) is 10.1 Å². The Kier molecular flexibility index (Phi) is 10.8. The monoisotopic (exact) mass is 640 g/mol. The summed E-state index contributed by atoms with van der Waals surface area (Å²) >= 11 is 0. The third-order valence-corrected chi connectivity index (χ3v) is 8.94. The van der Waals surface area contributed by atoms with Gasteiger partial charge in [0.15, 0.2) is 0 Å². The molecular weight excluding hydrogens is 600 g/mol. The van der Waals surface area contributed by atoms with Crippen LogP contribution in [0.25, 0.3) is 0 Å². The Labute approximate surface area is 271 Å². The molecule has 0 unspecified atom stereocenters. The molecule has 1 amide bonds. The fourth-order valence-electron chi connectivity index (χ4n) is 5.08. The van der Waals surface area contributed by atoms with Gasteiger partial charge in [-0.25, -0.2) is 13.2 Å². The van der Waals surface area contributed by atoms with E-state index in [1.54, 1.807) is 32.9 Å². The first-order valence-corrected chi connectivity index (χ1v) is 16.4. The minimum atomic E-state index is -4.50. The zero-order valence-corrected chi connectivity index (χ0v) is 27.4. The summed E-state index contributed by atoms with van der Waals surface area (Å²) in [4.78, 5) is 27.5. The molecule has 0 aromatic heterocycles. The van der Waals surface area contributed by atoms with Gasteiger partial charge in [0.25, 0.3) is 10.0 Å². The van der Waals surface area contributed by atoms with Gasteiger partial charge in [-0.05, 0) is 56.5 Å². The van der Waals surface area contributed by atoms with Crippen molar-refractivity contribution in [2.75, 3.05) is 13.2 Å². The number of hydrogen-bond donors (Lipinski definition) is 1. The van der Waals surface area contributed by atoms with E-state index in [0.29, 0.717) is 4.31 Å². The molecule has 0 fully saturated rings. The average molecular weight is 641 g/mol. The molecule has 0 aliphatic carbocycles. The van der Waals surface area contributed by atoms with E-state index in [1.165, 1.54) is 18.2 Å². The average Bonchev–Trinajstić information content (AvgIpc) is 3.04. The Morgan fingerprint density at radius 1 is 0.804 bits per heavy atom. The van der Waals surface area contributed by atoms with Crippen molar-refractivity contribution in [1.29, 1.82) is 0 Å². The number of benzene rings is 4. The molecule has 0 bridgehead atoms. The standard InChI is InChI=1S/C37H40N2O6S/c1-6-26-44-34(40)33(27-39(35(41)45-36(3,4)5)46(42,43)32-24-22-28(2)23-25-32)38-37(29-16-10-7-11-17-29,30-18-12-8-13-19-30)31-20-14-9-15-21-31/h6-25,33,38H,1,26-27H2,2-5H3/t33-/m0/s1. The maximum absolute atomic E-state index is 14.1. The second-order valence-corrected chi connectivity index (χ2v) is 13.7. The number of nitrogens with zero attached hydrogens (tertiary/aromatic N) is 1. The predicted octanol–water partition coefficient (Wildman–Crippen LogP) is 6.60. The van der Waals surface area contributed by atoms with Crippen molar-refractivity contribution < 1.29 is 27.5 Å². The minimum absolute atomic E-state index is 0.122. The number of aryl methyl sites for hydroxylation is 1. The summed E-state index contributed by atoms with van der Waals surface area (Å²) in [5.74, 6) is -0.778. The van der Waals surface area contributed by atoms with Crippen molar-refractivity contribution in [2.45, 2.75) is 49.8 Å². The summed E-state index contributed by atoms with van der Waals surface area (Å²) in [5, 5.41) is 3.48. The predicted molar refractivity (Wildman–Crippen MR) is 179 cm³/mol. The Morgan fingerprint density at radius 3 is 1.67 bits per heavy atom. The molecule has 0 saturated carbocycles. The van der Waals surface area contributed by atoms with E-state index in [4.69, 9.17) is 9.47 Å². The Balaban J connectivity index is 1.94. The lowest BCUT2D eigenvalue weighted by Gasteiger charge is -2.40. The summed E-state index contributed by atoms with van der Waals surface area (Å²) in [6, 6.07) is 33.3. The fourth-order valence-corrected chi connectivity index (χ4v) is 6.40. The van der Waals surface area contributed by atoms with Gasteiger partial charge in [-0.2, -0.15) is 4.31 Å². The van der Waals surface area contributed by atoms with Gasteiger partial charge in [0.05, 0.1) is 17.0 Å². The number of rotatable bonds is 12. The van der Waals surface area contributed by atoms with Crippen LogP contribution in [0.1, 0.15) is 43.0 Å². The van der Waals surface area contributed by atoms with Crippen LogP contribution in [0.3, 0.4) is 0 Å². The molecule has 9 heteroatoms. The SMILES string of the molecule is C=CCOC(=O)[C@H](CN(C(=O)OC(C)(C)C)S(=O)(=O)c1ccc(C)cc1)NC(c1ccccc1)(c1ccccc1)c1ccccc1. The van der Waals surface area contributed by atoms with Gasteiger partial charge in [0.2, 0.25) is 0 Å². The quantitative estimate of drug-likeness (QED) is 0.106. The molecule has 0 aliphatic heterocycles. The molecule has 0 heterocycles. The highest BCUT2D eigenvalue weighted by molar-refractivity contribution is 7.89. The van der Waals surface area contributed by atoms with Crippen molar-refractivity contribution in [3.05, 3.63) is 150 Å².